The fourth-order valence-corrected chi connectivity index (χ4v) is 3.56. The minimum Gasteiger partial charge on any atom is -0.391 e. The summed E-state index contributed by atoms with van der Waals surface area (Å²) < 4.78 is 0. The molecule has 2 nitrogen and oxygen atoms in total. The predicted molar refractivity (Wildman–Crippen MR) is 88.3 cm³/mol. The highest BCUT2D eigenvalue weighted by molar-refractivity contribution is 7.99. The summed E-state index contributed by atoms with van der Waals surface area (Å²) >= 11 is 3.32. The van der Waals surface area contributed by atoms with Crippen LogP contribution in [0.1, 0.15) is 0 Å². The molecule has 0 spiro atoms. The lowest BCUT2D eigenvalue weighted by atomic mass is 10.2. The quantitative estimate of drug-likeness (QED) is 0.771. The molecule has 0 aliphatic heterocycles. The van der Waals surface area contributed by atoms with Crippen molar-refractivity contribution in [3.63, 3.8) is 0 Å². The first-order valence-electron chi connectivity index (χ1n) is 6.55. The molecule has 0 aliphatic carbocycles. The number of nitrogens with two attached hydrogens (primary N) is 1. The standard InChI is InChI=1S/C16H19NOS2/c17-15(11-19-13-7-3-1-4-8-13)16(18)12-20-14-9-5-2-6-10-14/h1-10,15-16,18H,11-12,17H2/t15-,16?/m1/s1. The van der Waals surface area contributed by atoms with Gasteiger partial charge in [-0.05, 0) is 24.3 Å². The lowest BCUT2D eigenvalue weighted by molar-refractivity contribution is 0.177. The number of thioether (sulfide) groups is 2. The summed E-state index contributed by atoms with van der Waals surface area (Å²) in [4.78, 5) is 2.35. The van der Waals surface area contributed by atoms with E-state index in [0.29, 0.717) is 5.75 Å². The maximum Gasteiger partial charge on any atom is 0.0792 e. The third-order valence-electron chi connectivity index (χ3n) is 2.84. The van der Waals surface area contributed by atoms with Crippen molar-refractivity contribution in [2.75, 3.05) is 11.5 Å². The molecule has 20 heavy (non-hydrogen) atoms. The van der Waals surface area contributed by atoms with Crippen molar-refractivity contribution in [3.8, 4) is 0 Å². The van der Waals surface area contributed by atoms with E-state index in [1.807, 2.05) is 48.5 Å². The molecule has 0 heterocycles. The van der Waals surface area contributed by atoms with Crippen LogP contribution in [-0.4, -0.2) is 28.8 Å². The highest BCUT2D eigenvalue weighted by atomic mass is 32.2. The molecule has 0 saturated heterocycles. The number of hydrogen-bond donors (Lipinski definition) is 2. The van der Waals surface area contributed by atoms with Gasteiger partial charge in [-0.25, -0.2) is 0 Å². The van der Waals surface area contributed by atoms with Crippen LogP contribution in [-0.2, 0) is 0 Å². The van der Waals surface area contributed by atoms with Gasteiger partial charge < -0.3 is 10.8 Å². The molecule has 2 aromatic rings. The van der Waals surface area contributed by atoms with Gasteiger partial charge in [0.2, 0.25) is 0 Å². The first-order valence-corrected chi connectivity index (χ1v) is 8.52. The first-order chi connectivity index (χ1) is 9.75. The lowest BCUT2D eigenvalue weighted by Crippen LogP contribution is -2.38. The van der Waals surface area contributed by atoms with Crippen molar-refractivity contribution in [2.24, 2.45) is 5.73 Å². The second-order valence-electron chi connectivity index (χ2n) is 4.48. The van der Waals surface area contributed by atoms with E-state index in [9.17, 15) is 5.11 Å². The monoisotopic (exact) mass is 305 g/mol. The van der Waals surface area contributed by atoms with Crippen LogP contribution in [0.5, 0.6) is 0 Å². The average molecular weight is 305 g/mol. The van der Waals surface area contributed by atoms with Crippen LogP contribution in [0.15, 0.2) is 70.5 Å². The predicted octanol–water partition coefficient (Wildman–Crippen LogP) is 3.26. The molecule has 0 aliphatic rings. The Balaban J connectivity index is 1.73. The minimum absolute atomic E-state index is 0.212. The van der Waals surface area contributed by atoms with Crippen molar-refractivity contribution in [1.29, 1.82) is 0 Å². The molecule has 0 aromatic heterocycles. The Labute approximate surface area is 128 Å². The Morgan fingerprint density at radius 1 is 0.800 bits per heavy atom. The van der Waals surface area contributed by atoms with Crippen LogP contribution >= 0.6 is 23.5 Å². The summed E-state index contributed by atoms with van der Waals surface area (Å²) in [6.45, 7) is 0. The Bertz CT molecular complexity index is 445. The van der Waals surface area contributed by atoms with E-state index in [1.165, 1.54) is 4.90 Å². The molecule has 1 unspecified atom stereocenters. The summed E-state index contributed by atoms with van der Waals surface area (Å²) in [7, 11) is 0. The number of aliphatic hydroxyl groups is 1. The van der Waals surface area contributed by atoms with E-state index in [4.69, 9.17) is 5.73 Å². The molecule has 0 fully saturated rings. The lowest BCUT2D eigenvalue weighted by Gasteiger charge is -2.18. The zero-order valence-electron chi connectivity index (χ0n) is 11.2. The van der Waals surface area contributed by atoms with Crippen LogP contribution in [0.3, 0.4) is 0 Å². The van der Waals surface area contributed by atoms with E-state index < -0.39 is 6.10 Å². The molecule has 2 rings (SSSR count). The van der Waals surface area contributed by atoms with Gasteiger partial charge in [0, 0.05) is 27.3 Å². The maximum absolute atomic E-state index is 10.1. The van der Waals surface area contributed by atoms with Crippen molar-refractivity contribution >= 4 is 23.5 Å². The molecule has 0 amide bonds. The molecule has 0 saturated carbocycles. The molecule has 0 radical (unpaired) electrons. The fraction of sp³-hybridized carbons (Fsp3) is 0.250. The van der Waals surface area contributed by atoms with E-state index >= 15 is 0 Å². The number of hydrogen-bond acceptors (Lipinski definition) is 4. The minimum atomic E-state index is -0.489. The highest BCUT2D eigenvalue weighted by Gasteiger charge is 2.15. The Morgan fingerprint density at radius 3 is 1.75 bits per heavy atom. The average Bonchev–Trinajstić information content (AvgIpc) is 2.52. The number of rotatable bonds is 7. The third-order valence-corrected chi connectivity index (χ3v) is 5.11. The number of benzene rings is 2. The Hall–Kier alpha value is -0.940. The van der Waals surface area contributed by atoms with Crippen molar-refractivity contribution in [2.45, 2.75) is 21.9 Å². The van der Waals surface area contributed by atoms with Crippen molar-refractivity contribution in [3.05, 3.63) is 60.7 Å². The summed E-state index contributed by atoms with van der Waals surface area (Å²) in [5, 5.41) is 10.1. The van der Waals surface area contributed by atoms with E-state index in [0.717, 1.165) is 10.6 Å². The number of aliphatic hydroxyl groups excluding tert-OH is 1. The van der Waals surface area contributed by atoms with Crippen LogP contribution < -0.4 is 5.73 Å². The zero-order chi connectivity index (χ0) is 14.2. The first kappa shape index (κ1) is 15.4. The van der Waals surface area contributed by atoms with Gasteiger partial charge in [-0.3, -0.25) is 0 Å². The van der Waals surface area contributed by atoms with Crippen molar-refractivity contribution < 1.29 is 5.11 Å². The summed E-state index contributed by atoms with van der Waals surface area (Å²) in [5.41, 5.74) is 6.05. The van der Waals surface area contributed by atoms with Gasteiger partial charge in [0.25, 0.3) is 0 Å². The molecular formula is C16H19NOS2. The molecule has 106 valence electrons. The van der Waals surface area contributed by atoms with Gasteiger partial charge in [-0.1, -0.05) is 36.4 Å². The summed E-state index contributed by atoms with van der Waals surface area (Å²) in [6.07, 6.45) is -0.489. The normalized spacial score (nSPS) is 13.9. The van der Waals surface area contributed by atoms with E-state index in [1.54, 1.807) is 23.5 Å². The molecule has 4 heteroatoms. The summed E-state index contributed by atoms with van der Waals surface area (Å²) in [6, 6.07) is 20.0. The highest BCUT2D eigenvalue weighted by Crippen LogP contribution is 2.21. The molecule has 3 N–H and O–H groups in total. The maximum atomic E-state index is 10.1. The molecule has 2 atom stereocenters. The van der Waals surface area contributed by atoms with Gasteiger partial charge in [-0.2, -0.15) is 0 Å². The molecular weight excluding hydrogens is 286 g/mol. The van der Waals surface area contributed by atoms with Gasteiger partial charge in [0.15, 0.2) is 0 Å². The fourth-order valence-electron chi connectivity index (χ4n) is 1.64. The Morgan fingerprint density at radius 2 is 1.25 bits per heavy atom. The molecule has 0 bridgehead atoms. The second-order valence-corrected chi connectivity index (χ2v) is 6.67. The smallest absolute Gasteiger partial charge is 0.0792 e. The van der Waals surface area contributed by atoms with E-state index in [-0.39, 0.29) is 6.04 Å². The van der Waals surface area contributed by atoms with Crippen LogP contribution in [0.25, 0.3) is 0 Å². The van der Waals surface area contributed by atoms with Gasteiger partial charge in [-0.15, -0.1) is 23.5 Å². The van der Waals surface area contributed by atoms with Gasteiger partial charge in [0.05, 0.1) is 6.10 Å². The third kappa shape index (κ3) is 5.21. The SMILES string of the molecule is N[C@H](CSc1ccccc1)C(O)CSc1ccccc1. The largest absolute Gasteiger partial charge is 0.391 e. The van der Waals surface area contributed by atoms with Gasteiger partial charge in [0.1, 0.15) is 0 Å². The molecule has 2 aromatic carbocycles. The van der Waals surface area contributed by atoms with Crippen molar-refractivity contribution in [1.82, 2.24) is 0 Å². The van der Waals surface area contributed by atoms with E-state index in [2.05, 4.69) is 12.1 Å². The van der Waals surface area contributed by atoms with Crippen LogP contribution in [0.2, 0.25) is 0 Å². The van der Waals surface area contributed by atoms with Gasteiger partial charge >= 0.3 is 0 Å². The second kappa shape index (κ2) is 8.37. The zero-order valence-corrected chi connectivity index (χ0v) is 12.8. The topological polar surface area (TPSA) is 46.2 Å². The van der Waals surface area contributed by atoms with Crippen LogP contribution in [0.4, 0.5) is 0 Å². The van der Waals surface area contributed by atoms with Crippen LogP contribution in [0, 0.1) is 0 Å². The Kier molecular flexibility index (Phi) is 6.47. The summed E-state index contributed by atoms with van der Waals surface area (Å²) in [5.74, 6) is 1.35.